The van der Waals surface area contributed by atoms with Gasteiger partial charge in [0.25, 0.3) is 0 Å². The van der Waals surface area contributed by atoms with Gasteiger partial charge in [-0.15, -0.1) is 0 Å². The normalized spacial score (nSPS) is 11.5. The van der Waals surface area contributed by atoms with Crippen LogP contribution in [0.15, 0.2) is 72.8 Å². The van der Waals surface area contributed by atoms with E-state index in [-0.39, 0.29) is 5.41 Å². The molecule has 0 aliphatic carbocycles. The van der Waals surface area contributed by atoms with Gasteiger partial charge in [-0.2, -0.15) is 4.57 Å². The zero-order chi connectivity index (χ0) is 18.6. The Hall–Kier alpha value is -2.41. The SMILES string of the molecule is CCCC[n+]1c(-c2ccccc2)cc(-c2ccccc2)cc1C(C)(C)C. The van der Waals surface area contributed by atoms with Crippen molar-refractivity contribution in [1.82, 2.24) is 0 Å². The molecule has 134 valence electrons. The van der Waals surface area contributed by atoms with Crippen molar-refractivity contribution < 1.29 is 4.57 Å². The summed E-state index contributed by atoms with van der Waals surface area (Å²) in [6.45, 7) is 10.3. The highest BCUT2D eigenvalue weighted by molar-refractivity contribution is 5.69. The Labute approximate surface area is 158 Å². The Morgan fingerprint density at radius 2 is 1.31 bits per heavy atom. The molecule has 3 rings (SSSR count). The van der Waals surface area contributed by atoms with E-state index in [4.69, 9.17) is 0 Å². The molecule has 0 N–H and O–H groups in total. The van der Waals surface area contributed by atoms with Crippen LogP contribution in [0.4, 0.5) is 0 Å². The molecule has 3 aromatic rings. The first-order chi connectivity index (χ1) is 12.5. The Morgan fingerprint density at radius 3 is 1.85 bits per heavy atom. The minimum Gasteiger partial charge on any atom is -0.195 e. The second-order valence-corrected chi connectivity index (χ2v) is 8.00. The molecule has 0 fully saturated rings. The molecule has 0 aliphatic heterocycles. The zero-order valence-corrected chi connectivity index (χ0v) is 16.5. The summed E-state index contributed by atoms with van der Waals surface area (Å²) in [5.74, 6) is 0. The van der Waals surface area contributed by atoms with E-state index in [1.165, 1.54) is 40.9 Å². The van der Waals surface area contributed by atoms with Crippen molar-refractivity contribution in [3.05, 3.63) is 78.5 Å². The number of unbranched alkanes of at least 4 members (excludes halogenated alkanes) is 1. The lowest BCUT2D eigenvalue weighted by molar-refractivity contribution is -0.697. The van der Waals surface area contributed by atoms with Gasteiger partial charge < -0.3 is 0 Å². The van der Waals surface area contributed by atoms with E-state index < -0.39 is 0 Å². The number of pyridine rings is 1. The van der Waals surface area contributed by atoms with Gasteiger partial charge in [-0.1, -0.05) is 82.6 Å². The van der Waals surface area contributed by atoms with Gasteiger partial charge in [-0.25, -0.2) is 0 Å². The number of hydrogen-bond acceptors (Lipinski definition) is 0. The van der Waals surface area contributed by atoms with Gasteiger partial charge in [0, 0.05) is 29.5 Å². The number of rotatable bonds is 5. The maximum atomic E-state index is 2.53. The number of benzene rings is 2. The summed E-state index contributed by atoms with van der Waals surface area (Å²) in [5.41, 5.74) is 6.64. The van der Waals surface area contributed by atoms with E-state index in [0.717, 1.165) is 6.54 Å². The Balaban J connectivity index is 2.27. The van der Waals surface area contributed by atoms with Crippen LogP contribution in [0.2, 0.25) is 0 Å². The summed E-state index contributed by atoms with van der Waals surface area (Å²) in [7, 11) is 0. The van der Waals surface area contributed by atoms with E-state index in [9.17, 15) is 0 Å². The number of hydrogen-bond donors (Lipinski definition) is 0. The highest BCUT2D eigenvalue weighted by Crippen LogP contribution is 2.29. The minimum atomic E-state index is 0.0854. The van der Waals surface area contributed by atoms with Crippen LogP contribution in [0.1, 0.15) is 46.2 Å². The summed E-state index contributed by atoms with van der Waals surface area (Å²) in [4.78, 5) is 0. The van der Waals surface area contributed by atoms with Crippen LogP contribution in [0.5, 0.6) is 0 Å². The monoisotopic (exact) mass is 344 g/mol. The van der Waals surface area contributed by atoms with E-state index in [1.807, 2.05) is 0 Å². The molecular formula is C25H30N+. The largest absolute Gasteiger partial charge is 0.213 e. The van der Waals surface area contributed by atoms with Gasteiger partial charge in [0.2, 0.25) is 5.69 Å². The van der Waals surface area contributed by atoms with Gasteiger partial charge in [0.15, 0.2) is 5.69 Å². The van der Waals surface area contributed by atoms with Gasteiger partial charge in [0.1, 0.15) is 6.54 Å². The molecule has 1 nitrogen and oxygen atoms in total. The molecule has 1 heterocycles. The molecule has 0 unspecified atom stereocenters. The predicted octanol–water partition coefficient (Wildman–Crippen LogP) is 6.41. The second kappa shape index (κ2) is 7.86. The van der Waals surface area contributed by atoms with Gasteiger partial charge in [-0.05, 0) is 23.3 Å². The molecule has 1 aromatic heterocycles. The fraction of sp³-hybridized carbons (Fsp3) is 0.320. The highest BCUT2D eigenvalue weighted by Gasteiger charge is 2.29. The van der Waals surface area contributed by atoms with Crippen molar-refractivity contribution in [2.75, 3.05) is 0 Å². The quantitative estimate of drug-likeness (QED) is 0.471. The molecule has 0 radical (unpaired) electrons. The second-order valence-electron chi connectivity index (χ2n) is 8.00. The van der Waals surface area contributed by atoms with Crippen molar-refractivity contribution in [3.8, 4) is 22.4 Å². The van der Waals surface area contributed by atoms with Crippen LogP contribution in [-0.2, 0) is 12.0 Å². The van der Waals surface area contributed by atoms with Crippen LogP contribution < -0.4 is 4.57 Å². The van der Waals surface area contributed by atoms with Crippen LogP contribution in [0, 0.1) is 0 Å². The summed E-state index contributed by atoms with van der Waals surface area (Å²) in [6.07, 6.45) is 2.39. The van der Waals surface area contributed by atoms with Crippen molar-refractivity contribution in [2.45, 2.75) is 52.5 Å². The van der Waals surface area contributed by atoms with Crippen molar-refractivity contribution >= 4 is 0 Å². The molecule has 1 heteroatoms. The zero-order valence-electron chi connectivity index (χ0n) is 16.5. The van der Waals surface area contributed by atoms with E-state index in [1.54, 1.807) is 0 Å². The number of nitrogens with zero attached hydrogens (tertiary/aromatic N) is 1. The minimum absolute atomic E-state index is 0.0854. The maximum Gasteiger partial charge on any atom is 0.213 e. The summed E-state index contributed by atoms with van der Waals surface area (Å²) in [6, 6.07) is 26.3. The van der Waals surface area contributed by atoms with E-state index >= 15 is 0 Å². The van der Waals surface area contributed by atoms with Crippen molar-refractivity contribution in [2.24, 2.45) is 0 Å². The molecule has 0 aliphatic rings. The molecule has 2 aromatic carbocycles. The highest BCUT2D eigenvalue weighted by atomic mass is 15.0. The van der Waals surface area contributed by atoms with Crippen molar-refractivity contribution in [1.29, 1.82) is 0 Å². The molecule has 0 bridgehead atoms. The average Bonchev–Trinajstić information content (AvgIpc) is 2.66. The van der Waals surface area contributed by atoms with E-state index in [0.29, 0.717) is 0 Å². The maximum absolute atomic E-state index is 2.53. The van der Waals surface area contributed by atoms with Crippen LogP contribution >= 0.6 is 0 Å². The first-order valence-corrected chi connectivity index (χ1v) is 9.70. The third kappa shape index (κ3) is 4.04. The Kier molecular flexibility index (Phi) is 5.56. The van der Waals surface area contributed by atoms with Crippen molar-refractivity contribution in [3.63, 3.8) is 0 Å². The van der Waals surface area contributed by atoms with Crippen LogP contribution in [-0.4, -0.2) is 0 Å². The lowest BCUT2D eigenvalue weighted by Crippen LogP contribution is -2.45. The van der Waals surface area contributed by atoms with Crippen LogP contribution in [0.25, 0.3) is 22.4 Å². The third-order valence-corrected chi connectivity index (χ3v) is 4.85. The Bertz CT molecular complexity index is 843. The third-order valence-electron chi connectivity index (χ3n) is 4.85. The topological polar surface area (TPSA) is 3.88 Å². The Morgan fingerprint density at radius 1 is 0.731 bits per heavy atom. The molecule has 0 saturated heterocycles. The fourth-order valence-corrected chi connectivity index (χ4v) is 3.45. The fourth-order valence-electron chi connectivity index (χ4n) is 3.45. The molecule has 0 spiro atoms. The number of aromatic nitrogens is 1. The standard InChI is InChI=1S/C25H30N/c1-5-6-17-26-23(21-15-11-8-12-16-21)18-22(19-24(26)25(2,3)4)20-13-9-7-10-14-20/h7-16,18-19H,5-6,17H2,1-4H3/q+1. The summed E-state index contributed by atoms with van der Waals surface area (Å²) in [5, 5.41) is 0. The first-order valence-electron chi connectivity index (χ1n) is 9.70. The predicted molar refractivity (Wildman–Crippen MR) is 111 cm³/mol. The first kappa shape index (κ1) is 18.4. The molecule has 0 amide bonds. The lowest BCUT2D eigenvalue weighted by atomic mass is 9.88. The van der Waals surface area contributed by atoms with Gasteiger partial charge >= 0.3 is 0 Å². The van der Waals surface area contributed by atoms with Gasteiger partial charge in [0.05, 0.1) is 0 Å². The van der Waals surface area contributed by atoms with Gasteiger partial charge in [-0.3, -0.25) is 0 Å². The van der Waals surface area contributed by atoms with Crippen LogP contribution in [0.3, 0.4) is 0 Å². The summed E-state index contributed by atoms with van der Waals surface area (Å²) >= 11 is 0. The molecule has 0 atom stereocenters. The summed E-state index contributed by atoms with van der Waals surface area (Å²) < 4.78 is 2.53. The molecule has 0 saturated carbocycles. The lowest BCUT2D eigenvalue weighted by Gasteiger charge is -2.20. The average molecular weight is 345 g/mol. The smallest absolute Gasteiger partial charge is 0.195 e. The van der Waals surface area contributed by atoms with E-state index in [2.05, 4.69) is 105 Å². The molecular weight excluding hydrogens is 314 g/mol. The molecule has 26 heavy (non-hydrogen) atoms.